The lowest BCUT2D eigenvalue weighted by Gasteiger charge is -2.39. The second-order valence-corrected chi connectivity index (χ2v) is 10.9. The lowest BCUT2D eigenvalue weighted by atomic mass is 9.87. The van der Waals surface area contributed by atoms with Crippen molar-refractivity contribution in [3.05, 3.63) is 88.1 Å². The van der Waals surface area contributed by atoms with E-state index in [0.29, 0.717) is 11.6 Å². The van der Waals surface area contributed by atoms with Gasteiger partial charge in [-0.2, -0.15) is 5.26 Å². The standard InChI is InChI=1S/C30H24ClF4N5O3/c1-16-17(15-36)8-9-37-27(16)40-24(6-7-25(40)41)29(43)39(21-11-18(32)10-19(33)12-21)26(22-4-2-3-5-23(22)31)28(42)38-20-13-30(34,35)14-20/h2-5,8-12,20,24,26H,6-7,13-14H2,1H3,(H,38,42)/t24-,26-/m0/s1. The fourth-order valence-electron chi connectivity index (χ4n) is 5.45. The van der Waals surface area contributed by atoms with E-state index in [9.17, 15) is 37.2 Å². The van der Waals surface area contributed by atoms with Gasteiger partial charge in [-0.25, -0.2) is 22.5 Å². The Labute approximate surface area is 248 Å². The molecule has 1 aliphatic heterocycles. The second kappa shape index (κ2) is 11.6. The van der Waals surface area contributed by atoms with Crippen molar-refractivity contribution in [3.63, 3.8) is 0 Å². The molecule has 5 rings (SSSR count). The van der Waals surface area contributed by atoms with Crippen LogP contribution in [0.15, 0.2) is 54.7 Å². The Bertz CT molecular complexity index is 1630. The third-order valence-electron chi connectivity index (χ3n) is 7.53. The van der Waals surface area contributed by atoms with Crippen LogP contribution in [0.5, 0.6) is 0 Å². The van der Waals surface area contributed by atoms with Crippen molar-refractivity contribution in [1.82, 2.24) is 10.3 Å². The summed E-state index contributed by atoms with van der Waals surface area (Å²) in [4.78, 5) is 47.7. The number of nitrogens with zero attached hydrogens (tertiary/aromatic N) is 4. The van der Waals surface area contributed by atoms with Crippen molar-refractivity contribution < 1.29 is 31.9 Å². The summed E-state index contributed by atoms with van der Waals surface area (Å²) < 4.78 is 56.4. The minimum Gasteiger partial charge on any atom is -0.351 e. The summed E-state index contributed by atoms with van der Waals surface area (Å²) in [6.45, 7) is 1.56. The van der Waals surface area contributed by atoms with E-state index in [-0.39, 0.29) is 40.5 Å². The minimum absolute atomic E-state index is 0.0230. The van der Waals surface area contributed by atoms with Crippen LogP contribution >= 0.6 is 11.6 Å². The first-order valence-corrected chi connectivity index (χ1v) is 13.7. The predicted octanol–water partition coefficient (Wildman–Crippen LogP) is 5.38. The molecular weight excluding hydrogens is 590 g/mol. The second-order valence-electron chi connectivity index (χ2n) is 10.5. The van der Waals surface area contributed by atoms with Crippen LogP contribution in [-0.2, 0) is 14.4 Å². The van der Waals surface area contributed by atoms with Crippen LogP contribution in [0.3, 0.4) is 0 Å². The highest BCUT2D eigenvalue weighted by atomic mass is 35.5. The van der Waals surface area contributed by atoms with Crippen molar-refractivity contribution in [2.75, 3.05) is 9.80 Å². The number of benzene rings is 2. The Morgan fingerprint density at radius 1 is 1.16 bits per heavy atom. The highest BCUT2D eigenvalue weighted by Crippen LogP contribution is 2.40. The number of carbonyl (C=O) groups excluding carboxylic acids is 3. The van der Waals surface area contributed by atoms with Crippen LogP contribution in [0, 0.1) is 29.9 Å². The van der Waals surface area contributed by atoms with Gasteiger partial charge in [0.05, 0.1) is 17.3 Å². The number of anilines is 2. The van der Waals surface area contributed by atoms with E-state index in [4.69, 9.17) is 11.6 Å². The summed E-state index contributed by atoms with van der Waals surface area (Å²) in [5.74, 6) is -7.34. The molecule has 1 aromatic heterocycles. The summed E-state index contributed by atoms with van der Waals surface area (Å²) in [6.07, 6.45) is -0.0827. The highest BCUT2D eigenvalue weighted by molar-refractivity contribution is 6.31. The number of amides is 3. The molecule has 0 unspecified atom stereocenters. The Kier molecular flexibility index (Phi) is 8.12. The number of alkyl halides is 2. The molecule has 43 heavy (non-hydrogen) atoms. The van der Waals surface area contributed by atoms with Gasteiger partial charge >= 0.3 is 0 Å². The van der Waals surface area contributed by atoms with Gasteiger partial charge in [-0.1, -0.05) is 29.8 Å². The minimum atomic E-state index is -2.97. The molecule has 0 spiro atoms. The molecule has 2 atom stereocenters. The van der Waals surface area contributed by atoms with E-state index in [1.54, 1.807) is 13.0 Å². The van der Waals surface area contributed by atoms with Crippen molar-refractivity contribution in [3.8, 4) is 6.07 Å². The van der Waals surface area contributed by atoms with Gasteiger partial charge in [-0.15, -0.1) is 0 Å². The van der Waals surface area contributed by atoms with Crippen molar-refractivity contribution >= 4 is 40.8 Å². The van der Waals surface area contributed by atoms with Crippen LogP contribution in [0.1, 0.15) is 48.4 Å². The molecule has 2 aliphatic rings. The van der Waals surface area contributed by atoms with E-state index >= 15 is 0 Å². The first-order chi connectivity index (χ1) is 20.4. The van der Waals surface area contributed by atoms with Gasteiger partial charge in [0.1, 0.15) is 29.5 Å². The number of pyridine rings is 1. The summed E-state index contributed by atoms with van der Waals surface area (Å²) in [5, 5.41) is 12.0. The summed E-state index contributed by atoms with van der Waals surface area (Å²) in [6, 6.07) is 7.78. The van der Waals surface area contributed by atoms with Crippen LogP contribution in [0.4, 0.5) is 29.1 Å². The topological polar surface area (TPSA) is 106 Å². The van der Waals surface area contributed by atoms with Crippen molar-refractivity contribution in [2.24, 2.45) is 0 Å². The maximum Gasteiger partial charge on any atom is 0.252 e. The SMILES string of the molecule is Cc1c(C#N)ccnc1N1C(=O)CC[C@H]1C(=O)N(c1cc(F)cc(F)c1)[C@H](C(=O)NC1CC(F)(F)C1)c1ccccc1Cl. The fourth-order valence-corrected chi connectivity index (χ4v) is 5.69. The third-order valence-corrected chi connectivity index (χ3v) is 7.87. The quantitative estimate of drug-likeness (QED) is 0.360. The van der Waals surface area contributed by atoms with Crippen LogP contribution in [0.25, 0.3) is 0 Å². The Morgan fingerprint density at radius 3 is 2.47 bits per heavy atom. The van der Waals surface area contributed by atoms with Gasteiger partial charge in [0.15, 0.2) is 0 Å². The molecule has 2 fully saturated rings. The zero-order valence-corrected chi connectivity index (χ0v) is 23.4. The molecular formula is C30H24ClF4N5O3. The van der Waals surface area contributed by atoms with Gasteiger partial charge in [0.2, 0.25) is 11.8 Å². The van der Waals surface area contributed by atoms with E-state index in [2.05, 4.69) is 10.3 Å². The molecule has 13 heteroatoms. The molecule has 1 saturated heterocycles. The molecule has 3 amide bonds. The summed E-state index contributed by atoms with van der Waals surface area (Å²) >= 11 is 6.46. The van der Waals surface area contributed by atoms with Crippen LogP contribution in [-0.4, -0.2) is 40.7 Å². The number of carbonyl (C=O) groups is 3. The molecule has 1 saturated carbocycles. The first kappa shape index (κ1) is 30.0. The van der Waals surface area contributed by atoms with E-state index in [1.165, 1.54) is 30.5 Å². The first-order valence-electron chi connectivity index (χ1n) is 13.3. The third kappa shape index (κ3) is 5.90. The predicted molar refractivity (Wildman–Crippen MR) is 148 cm³/mol. The van der Waals surface area contributed by atoms with E-state index in [1.807, 2.05) is 6.07 Å². The zero-order chi connectivity index (χ0) is 31.1. The number of aromatic nitrogens is 1. The average molecular weight is 614 g/mol. The Balaban J connectivity index is 1.65. The number of rotatable bonds is 7. The molecule has 0 radical (unpaired) electrons. The average Bonchev–Trinajstić information content (AvgIpc) is 3.31. The van der Waals surface area contributed by atoms with E-state index in [0.717, 1.165) is 21.9 Å². The molecule has 3 aromatic rings. The molecule has 2 aromatic carbocycles. The van der Waals surface area contributed by atoms with Crippen molar-refractivity contribution in [1.29, 1.82) is 5.26 Å². The van der Waals surface area contributed by atoms with Gasteiger partial charge in [0.25, 0.3) is 11.8 Å². The maximum atomic E-state index is 14.6. The Morgan fingerprint density at radius 2 is 1.84 bits per heavy atom. The molecule has 1 aliphatic carbocycles. The Hall–Kier alpha value is -4.50. The zero-order valence-electron chi connectivity index (χ0n) is 22.7. The fraction of sp³-hybridized carbons (Fsp3) is 0.300. The van der Waals surface area contributed by atoms with Gasteiger partial charge in [0, 0.05) is 53.7 Å². The van der Waals surface area contributed by atoms with Crippen molar-refractivity contribution in [2.45, 2.75) is 56.7 Å². The molecule has 8 nitrogen and oxygen atoms in total. The lowest BCUT2D eigenvalue weighted by Crippen LogP contribution is -2.56. The highest BCUT2D eigenvalue weighted by Gasteiger charge is 2.49. The number of hydrogen-bond acceptors (Lipinski definition) is 5. The summed E-state index contributed by atoms with van der Waals surface area (Å²) in [7, 11) is 0. The number of hydrogen-bond donors (Lipinski definition) is 1. The van der Waals surface area contributed by atoms with Crippen LogP contribution < -0.4 is 15.1 Å². The number of nitriles is 1. The normalized spacial score (nSPS) is 18.5. The molecule has 222 valence electrons. The molecule has 1 N–H and O–H groups in total. The lowest BCUT2D eigenvalue weighted by molar-refractivity contribution is -0.133. The van der Waals surface area contributed by atoms with E-state index < -0.39 is 66.2 Å². The largest absolute Gasteiger partial charge is 0.351 e. The number of halogens is 5. The monoisotopic (exact) mass is 613 g/mol. The van der Waals surface area contributed by atoms with Gasteiger partial charge in [-0.3, -0.25) is 24.2 Å². The smallest absolute Gasteiger partial charge is 0.252 e. The van der Waals surface area contributed by atoms with Gasteiger partial charge in [-0.05, 0) is 37.6 Å². The maximum absolute atomic E-state index is 14.6. The summed E-state index contributed by atoms with van der Waals surface area (Å²) in [5.41, 5.74) is 0.233. The number of nitrogens with one attached hydrogen (secondary N) is 1. The van der Waals surface area contributed by atoms with Gasteiger partial charge < -0.3 is 5.32 Å². The molecule has 0 bridgehead atoms. The molecule has 2 heterocycles. The van der Waals surface area contributed by atoms with Crippen LogP contribution in [0.2, 0.25) is 5.02 Å².